The Morgan fingerprint density at radius 3 is 2.70 bits per heavy atom. The van der Waals surface area contributed by atoms with Crippen LogP contribution in [0, 0.1) is 0 Å². The molecule has 0 spiro atoms. The largest absolute Gasteiger partial charge is 0.493 e. The minimum absolute atomic E-state index is 0.00355. The van der Waals surface area contributed by atoms with Crippen LogP contribution in [-0.2, 0) is 11.3 Å². The van der Waals surface area contributed by atoms with Crippen molar-refractivity contribution >= 4 is 22.6 Å². The lowest BCUT2D eigenvalue weighted by atomic mass is 10.1. The number of hydrogen-bond donors (Lipinski definition) is 1. The molecule has 0 radical (unpaired) electrons. The summed E-state index contributed by atoms with van der Waals surface area (Å²) in [5.41, 5.74) is 8.04. The summed E-state index contributed by atoms with van der Waals surface area (Å²) in [6, 6.07) is 12.4. The summed E-state index contributed by atoms with van der Waals surface area (Å²) in [4.78, 5) is 17.6. The topological polar surface area (TPSA) is 128 Å². The van der Waals surface area contributed by atoms with E-state index in [1.165, 1.54) is 14.2 Å². The van der Waals surface area contributed by atoms with Gasteiger partial charge in [-0.25, -0.2) is 9.61 Å². The summed E-state index contributed by atoms with van der Waals surface area (Å²) < 4.78 is 22.1. The van der Waals surface area contributed by atoms with E-state index in [-0.39, 0.29) is 30.6 Å². The number of nitrogens with zero attached hydrogens (tertiary/aromatic N) is 4. The number of hydrogen-bond acceptors (Lipinski definition) is 9. The molecule has 10 nitrogen and oxygen atoms in total. The van der Waals surface area contributed by atoms with Crippen molar-refractivity contribution in [2.45, 2.75) is 6.54 Å². The average Bonchev–Trinajstić information content (AvgIpc) is 3.35. The molecule has 4 rings (SSSR count). The highest BCUT2D eigenvalue weighted by atomic mass is 16.7. The van der Waals surface area contributed by atoms with E-state index in [9.17, 15) is 4.79 Å². The molecule has 0 saturated carbocycles. The minimum atomic E-state index is -0.161. The molecule has 2 heterocycles. The van der Waals surface area contributed by atoms with Crippen LogP contribution in [0.1, 0.15) is 10.4 Å². The number of imidazole rings is 1. The van der Waals surface area contributed by atoms with Crippen molar-refractivity contribution in [2.24, 2.45) is 0 Å². The third kappa shape index (κ3) is 3.55. The number of nitrogens with two attached hydrogens (primary N) is 1. The van der Waals surface area contributed by atoms with E-state index >= 15 is 0 Å². The Labute approximate surface area is 171 Å². The smallest absolute Gasteiger partial charge is 0.199 e. The van der Waals surface area contributed by atoms with E-state index in [1.807, 2.05) is 24.3 Å². The van der Waals surface area contributed by atoms with Crippen molar-refractivity contribution in [1.82, 2.24) is 19.9 Å². The summed E-state index contributed by atoms with van der Waals surface area (Å²) in [5.74, 6) is 1.24. The number of carbonyl (C=O) groups excluding carboxylic acids is 1. The maximum absolute atomic E-state index is 13.1. The Bertz CT molecular complexity index is 1200. The number of nitrogen functional groups attached to an aromatic ring is 1. The summed E-state index contributed by atoms with van der Waals surface area (Å²) in [7, 11) is 3.03. The van der Waals surface area contributed by atoms with Crippen molar-refractivity contribution in [2.75, 3.05) is 26.7 Å². The van der Waals surface area contributed by atoms with Crippen LogP contribution in [0.25, 0.3) is 22.6 Å². The lowest BCUT2D eigenvalue weighted by Crippen LogP contribution is -2.12. The molecular formula is C20H19N5O5. The first kappa shape index (κ1) is 19.4. The zero-order chi connectivity index (χ0) is 21.1. The van der Waals surface area contributed by atoms with Crippen LogP contribution in [0.15, 0.2) is 47.1 Å². The Balaban J connectivity index is 1.71. The third-order valence-corrected chi connectivity index (χ3v) is 4.50. The second kappa shape index (κ2) is 8.21. The van der Waals surface area contributed by atoms with Gasteiger partial charge in [-0.05, 0) is 40.6 Å². The fraction of sp³-hybridized carbons (Fsp3) is 0.200. The quantitative estimate of drug-likeness (QED) is 0.345. The van der Waals surface area contributed by atoms with Gasteiger partial charge in [0.2, 0.25) is 0 Å². The van der Waals surface area contributed by atoms with Crippen molar-refractivity contribution in [3.63, 3.8) is 0 Å². The van der Waals surface area contributed by atoms with Gasteiger partial charge in [-0.1, -0.05) is 12.1 Å². The van der Waals surface area contributed by atoms with Crippen molar-refractivity contribution in [3.05, 3.63) is 48.0 Å². The first-order chi connectivity index (χ1) is 14.6. The zero-order valence-electron chi connectivity index (χ0n) is 16.4. The zero-order valence-corrected chi connectivity index (χ0v) is 16.4. The van der Waals surface area contributed by atoms with Gasteiger partial charge in [-0.15, -0.1) is 0 Å². The molecule has 2 aromatic heterocycles. The third-order valence-electron chi connectivity index (χ3n) is 4.50. The number of rotatable bonds is 8. The molecule has 154 valence electrons. The molecule has 0 atom stereocenters. The van der Waals surface area contributed by atoms with Gasteiger partial charge in [0, 0.05) is 12.7 Å². The molecule has 2 aromatic carbocycles. The SMILES string of the molecule is COCOc1ccc(C(=O)Cn2c(-c3nonc3N)nc3ccccc32)cc1OC. The number of benzene rings is 2. The van der Waals surface area contributed by atoms with Crippen molar-refractivity contribution in [1.29, 1.82) is 0 Å². The number of Topliss-reactive ketones (excluding diaryl/α,β-unsaturated/α-hetero) is 1. The minimum Gasteiger partial charge on any atom is -0.493 e. The maximum atomic E-state index is 13.1. The Morgan fingerprint density at radius 1 is 1.13 bits per heavy atom. The molecule has 2 N–H and O–H groups in total. The molecule has 30 heavy (non-hydrogen) atoms. The van der Waals surface area contributed by atoms with Gasteiger partial charge in [0.1, 0.15) is 0 Å². The number of aromatic nitrogens is 4. The Morgan fingerprint density at radius 2 is 1.97 bits per heavy atom. The number of para-hydroxylation sites is 2. The van der Waals surface area contributed by atoms with Crippen molar-refractivity contribution in [3.8, 4) is 23.0 Å². The van der Waals surface area contributed by atoms with Crippen LogP contribution < -0.4 is 15.2 Å². The van der Waals surface area contributed by atoms with Gasteiger partial charge in [0.15, 0.2) is 41.4 Å². The lowest BCUT2D eigenvalue weighted by Gasteiger charge is -2.12. The summed E-state index contributed by atoms with van der Waals surface area (Å²) in [6.45, 7) is 0.0742. The first-order valence-electron chi connectivity index (χ1n) is 8.99. The summed E-state index contributed by atoms with van der Waals surface area (Å²) in [6.07, 6.45) is 0. The van der Waals surface area contributed by atoms with E-state index in [0.717, 1.165) is 5.52 Å². The summed E-state index contributed by atoms with van der Waals surface area (Å²) >= 11 is 0. The normalized spacial score (nSPS) is 11.0. The highest BCUT2D eigenvalue weighted by Gasteiger charge is 2.21. The van der Waals surface area contributed by atoms with Crippen LogP contribution >= 0.6 is 0 Å². The fourth-order valence-corrected chi connectivity index (χ4v) is 3.08. The predicted molar refractivity (Wildman–Crippen MR) is 107 cm³/mol. The first-order valence-corrected chi connectivity index (χ1v) is 8.99. The van der Waals surface area contributed by atoms with Gasteiger partial charge in [0.25, 0.3) is 0 Å². The standard InChI is InChI=1S/C20H19N5O5/c1-27-11-29-16-8-7-12(9-17(16)28-2)15(26)10-25-14-6-4-3-5-13(14)22-20(25)18-19(21)24-30-23-18/h3-9H,10-11H2,1-2H3,(H2,21,24). The van der Waals surface area contributed by atoms with E-state index in [2.05, 4.69) is 15.3 Å². The van der Waals surface area contributed by atoms with Gasteiger partial charge < -0.3 is 24.5 Å². The molecule has 0 aliphatic heterocycles. The molecule has 0 amide bonds. The van der Waals surface area contributed by atoms with Crippen LogP contribution in [-0.4, -0.2) is 46.7 Å². The number of carbonyl (C=O) groups is 1. The number of ketones is 1. The molecule has 0 saturated heterocycles. The second-order valence-electron chi connectivity index (χ2n) is 6.35. The molecule has 0 unspecified atom stereocenters. The van der Waals surface area contributed by atoms with Crippen molar-refractivity contribution < 1.29 is 23.6 Å². The summed E-state index contributed by atoms with van der Waals surface area (Å²) in [5, 5.41) is 7.45. The lowest BCUT2D eigenvalue weighted by molar-refractivity contribution is 0.0491. The molecule has 0 fully saturated rings. The Kier molecular flexibility index (Phi) is 5.31. The number of anilines is 1. The molecule has 0 aliphatic carbocycles. The van der Waals surface area contributed by atoms with E-state index in [1.54, 1.807) is 22.8 Å². The van der Waals surface area contributed by atoms with Gasteiger partial charge in [-0.2, -0.15) is 0 Å². The van der Waals surface area contributed by atoms with Gasteiger partial charge in [-0.3, -0.25) is 4.79 Å². The van der Waals surface area contributed by atoms with Crippen LogP contribution in [0.5, 0.6) is 11.5 Å². The monoisotopic (exact) mass is 409 g/mol. The van der Waals surface area contributed by atoms with E-state index in [4.69, 9.17) is 24.6 Å². The molecule has 10 heteroatoms. The average molecular weight is 409 g/mol. The molecule has 4 aromatic rings. The van der Waals surface area contributed by atoms with Crippen LogP contribution in [0.4, 0.5) is 5.82 Å². The Hall–Kier alpha value is -3.92. The van der Waals surface area contributed by atoms with E-state index < -0.39 is 0 Å². The second-order valence-corrected chi connectivity index (χ2v) is 6.35. The van der Waals surface area contributed by atoms with Crippen LogP contribution in [0.3, 0.4) is 0 Å². The number of fused-ring (bicyclic) bond motifs is 1. The maximum Gasteiger partial charge on any atom is 0.199 e. The van der Waals surface area contributed by atoms with Crippen LogP contribution in [0.2, 0.25) is 0 Å². The predicted octanol–water partition coefficient (Wildman–Crippen LogP) is 2.54. The molecule has 0 bridgehead atoms. The molecular weight excluding hydrogens is 390 g/mol. The van der Waals surface area contributed by atoms with Gasteiger partial charge in [0.05, 0.1) is 24.7 Å². The highest BCUT2D eigenvalue weighted by molar-refractivity contribution is 5.98. The van der Waals surface area contributed by atoms with Gasteiger partial charge >= 0.3 is 0 Å². The number of methoxy groups -OCH3 is 2. The number of ether oxygens (including phenoxy) is 3. The van der Waals surface area contributed by atoms with E-state index in [0.29, 0.717) is 28.4 Å². The fourth-order valence-electron chi connectivity index (χ4n) is 3.08. The molecule has 0 aliphatic rings. The highest BCUT2D eigenvalue weighted by Crippen LogP contribution is 2.30.